The molecule has 2 aromatic rings. The average Bonchev–Trinajstić information content (AvgIpc) is 2.84. The van der Waals surface area contributed by atoms with E-state index < -0.39 is 0 Å². The van der Waals surface area contributed by atoms with Crippen LogP contribution in [0.25, 0.3) is 11.2 Å². The van der Waals surface area contributed by atoms with Gasteiger partial charge in [0.15, 0.2) is 5.65 Å². The maximum absolute atomic E-state index is 4.60. The number of anilines is 1. The van der Waals surface area contributed by atoms with E-state index >= 15 is 0 Å². The van der Waals surface area contributed by atoms with E-state index in [1.165, 1.54) is 38.5 Å². The van der Waals surface area contributed by atoms with Crippen LogP contribution in [0.4, 0.5) is 5.82 Å². The fourth-order valence-corrected chi connectivity index (χ4v) is 2.37. The summed E-state index contributed by atoms with van der Waals surface area (Å²) in [6.45, 7) is 2.25. The number of pyridine rings is 1. The molecule has 0 saturated heterocycles. The molecule has 0 fully saturated rings. The maximum Gasteiger partial charge on any atom is 0.179 e. The SMILES string of the molecule is CCCCCCCCc1nc2nc(N(C)C)ccc2[nH]1. The van der Waals surface area contributed by atoms with Crippen molar-refractivity contribution < 1.29 is 0 Å². The molecule has 4 heteroatoms. The number of nitrogens with zero attached hydrogens (tertiary/aromatic N) is 3. The Balaban J connectivity index is 1.88. The Morgan fingerprint density at radius 2 is 1.75 bits per heavy atom. The summed E-state index contributed by atoms with van der Waals surface area (Å²) in [6.07, 6.45) is 8.92. The highest BCUT2D eigenvalue weighted by atomic mass is 15.1. The van der Waals surface area contributed by atoms with Gasteiger partial charge in [-0.3, -0.25) is 0 Å². The summed E-state index contributed by atoms with van der Waals surface area (Å²) in [5.41, 5.74) is 1.87. The number of unbranched alkanes of at least 4 members (excludes halogenated alkanes) is 5. The molecule has 20 heavy (non-hydrogen) atoms. The van der Waals surface area contributed by atoms with Crippen LogP contribution >= 0.6 is 0 Å². The van der Waals surface area contributed by atoms with E-state index in [-0.39, 0.29) is 0 Å². The van der Waals surface area contributed by atoms with Gasteiger partial charge in [0.05, 0.1) is 5.52 Å². The summed E-state index contributed by atoms with van der Waals surface area (Å²) in [5, 5.41) is 0. The van der Waals surface area contributed by atoms with Crippen LogP contribution in [0, 0.1) is 0 Å². The highest BCUT2D eigenvalue weighted by Gasteiger charge is 2.06. The van der Waals surface area contributed by atoms with Crippen LogP contribution < -0.4 is 4.90 Å². The summed E-state index contributed by atoms with van der Waals surface area (Å²) in [5.74, 6) is 2.02. The predicted molar refractivity (Wildman–Crippen MR) is 85.3 cm³/mol. The summed E-state index contributed by atoms with van der Waals surface area (Å²) in [4.78, 5) is 14.5. The Morgan fingerprint density at radius 3 is 2.50 bits per heavy atom. The zero-order valence-corrected chi connectivity index (χ0v) is 12.9. The summed E-state index contributed by atoms with van der Waals surface area (Å²) in [6, 6.07) is 4.09. The molecular formula is C16H26N4. The van der Waals surface area contributed by atoms with Crippen LogP contribution in [-0.4, -0.2) is 29.0 Å². The van der Waals surface area contributed by atoms with E-state index in [4.69, 9.17) is 0 Å². The van der Waals surface area contributed by atoms with Crippen molar-refractivity contribution in [1.29, 1.82) is 0 Å². The monoisotopic (exact) mass is 274 g/mol. The Kier molecular flexibility index (Phi) is 5.39. The Hall–Kier alpha value is -1.58. The van der Waals surface area contributed by atoms with Gasteiger partial charge in [0.25, 0.3) is 0 Å². The van der Waals surface area contributed by atoms with Crippen molar-refractivity contribution in [2.45, 2.75) is 51.9 Å². The quantitative estimate of drug-likeness (QED) is 0.742. The molecule has 110 valence electrons. The first-order valence-corrected chi connectivity index (χ1v) is 7.73. The number of aryl methyl sites for hydroxylation is 1. The molecule has 1 N–H and O–H groups in total. The van der Waals surface area contributed by atoms with Crippen LogP contribution in [0.15, 0.2) is 12.1 Å². The molecule has 0 aliphatic carbocycles. The molecule has 2 heterocycles. The third-order valence-corrected chi connectivity index (χ3v) is 3.61. The highest BCUT2D eigenvalue weighted by Crippen LogP contribution is 2.16. The second-order valence-electron chi connectivity index (χ2n) is 5.64. The Morgan fingerprint density at radius 1 is 1.00 bits per heavy atom. The Labute approximate surface area is 121 Å². The van der Waals surface area contributed by atoms with Gasteiger partial charge >= 0.3 is 0 Å². The van der Waals surface area contributed by atoms with Gasteiger partial charge in [0.2, 0.25) is 0 Å². The molecule has 4 nitrogen and oxygen atoms in total. The van der Waals surface area contributed by atoms with E-state index in [1.807, 2.05) is 25.1 Å². The first kappa shape index (κ1) is 14.8. The van der Waals surface area contributed by atoms with Gasteiger partial charge in [-0.15, -0.1) is 0 Å². The number of hydrogen-bond acceptors (Lipinski definition) is 3. The number of aromatic amines is 1. The van der Waals surface area contributed by atoms with E-state index in [2.05, 4.69) is 27.9 Å². The number of nitrogens with one attached hydrogen (secondary N) is 1. The van der Waals surface area contributed by atoms with Crippen LogP contribution in [0.1, 0.15) is 51.3 Å². The van der Waals surface area contributed by atoms with Gasteiger partial charge in [-0.05, 0) is 18.6 Å². The lowest BCUT2D eigenvalue weighted by molar-refractivity contribution is 0.602. The van der Waals surface area contributed by atoms with Gasteiger partial charge in [0.1, 0.15) is 11.6 Å². The van der Waals surface area contributed by atoms with Gasteiger partial charge in [-0.1, -0.05) is 39.0 Å². The van der Waals surface area contributed by atoms with Crippen molar-refractivity contribution in [2.24, 2.45) is 0 Å². The van der Waals surface area contributed by atoms with Crippen molar-refractivity contribution in [3.8, 4) is 0 Å². The summed E-state index contributed by atoms with van der Waals surface area (Å²) in [7, 11) is 4.00. The fourth-order valence-electron chi connectivity index (χ4n) is 2.37. The topological polar surface area (TPSA) is 44.8 Å². The van der Waals surface area contributed by atoms with Gasteiger partial charge in [-0.2, -0.15) is 0 Å². The zero-order chi connectivity index (χ0) is 14.4. The fraction of sp³-hybridized carbons (Fsp3) is 0.625. The molecule has 0 aliphatic rings. The van der Waals surface area contributed by atoms with Crippen molar-refractivity contribution in [1.82, 2.24) is 15.0 Å². The molecule has 0 spiro atoms. The van der Waals surface area contributed by atoms with Crippen LogP contribution in [0.5, 0.6) is 0 Å². The normalized spacial score (nSPS) is 11.2. The molecular weight excluding hydrogens is 248 g/mol. The lowest BCUT2D eigenvalue weighted by atomic mass is 10.1. The van der Waals surface area contributed by atoms with E-state index in [0.29, 0.717) is 0 Å². The zero-order valence-electron chi connectivity index (χ0n) is 12.9. The van der Waals surface area contributed by atoms with Crippen molar-refractivity contribution in [2.75, 3.05) is 19.0 Å². The number of aromatic nitrogens is 3. The molecule has 0 radical (unpaired) electrons. The van der Waals surface area contributed by atoms with Crippen molar-refractivity contribution >= 4 is 17.0 Å². The predicted octanol–water partition coefficient (Wildman–Crippen LogP) is 3.93. The smallest absolute Gasteiger partial charge is 0.179 e. The Bertz CT molecular complexity index is 530. The minimum atomic E-state index is 0.831. The summed E-state index contributed by atoms with van der Waals surface area (Å²) < 4.78 is 0. The first-order valence-electron chi connectivity index (χ1n) is 7.73. The number of H-pyrrole nitrogens is 1. The minimum absolute atomic E-state index is 0.831. The molecule has 0 aromatic carbocycles. The highest BCUT2D eigenvalue weighted by molar-refractivity contribution is 5.73. The molecule has 0 amide bonds. The third-order valence-electron chi connectivity index (χ3n) is 3.61. The number of rotatable bonds is 8. The van der Waals surface area contributed by atoms with E-state index in [9.17, 15) is 0 Å². The van der Waals surface area contributed by atoms with E-state index in [1.54, 1.807) is 0 Å². The molecule has 0 bridgehead atoms. The molecule has 2 rings (SSSR count). The number of fused-ring (bicyclic) bond motifs is 1. The number of imidazole rings is 1. The first-order chi connectivity index (χ1) is 9.70. The van der Waals surface area contributed by atoms with Crippen molar-refractivity contribution in [3.63, 3.8) is 0 Å². The van der Waals surface area contributed by atoms with Gasteiger partial charge < -0.3 is 9.88 Å². The standard InChI is InChI=1S/C16H26N4/c1-4-5-6-7-8-9-10-14-17-13-11-12-15(20(2)3)19-16(13)18-14/h11-12H,4-10H2,1-3H3,(H,17,18,19). The van der Waals surface area contributed by atoms with Crippen LogP contribution in [0.3, 0.4) is 0 Å². The molecule has 0 saturated carbocycles. The molecule has 0 unspecified atom stereocenters. The minimum Gasteiger partial charge on any atom is -0.363 e. The average molecular weight is 274 g/mol. The lowest BCUT2D eigenvalue weighted by Crippen LogP contribution is -2.10. The largest absolute Gasteiger partial charge is 0.363 e. The third kappa shape index (κ3) is 3.95. The number of hydrogen-bond donors (Lipinski definition) is 1. The second-order valence-corrected chi connectivity index (χ2v) is 5.64. The van der Waals surface area contributed by atoms with Gasteiger partial charge in [-0.25, -0.2) is 9.97 Å². The molecule has 2 aromatic heterocycles. The molecule has 0 aliphatic heterocycles. The van der Waals surface area contributed by atoms with Crippen molar-refractivity contribution in [3.05, 3.63) is 18.0 Å². The lowest BCUT2D eigenvalue weighted by Gasteiger charge is -2.09. The van der Waals surface area contributed by atoms with Gasteiger partial charge in [0, 0.05) is 20.5 Å². The molecule has 0 atom stereocenters. The van der Waals surface area contributed by atoms with Crippen LogP contribution in [0.2, 0.25) is 0 Å². The van der Waals surface area contributed by atoms with E-state index in [0.717, 1.165) is 29.2 Å². The maximum atomic E-state index is 4.60. The summed E-state index contributed by atoms with van der Waals surface area (Å²) >= 11 is 0. The second kappa shape index (κ2) is 7.27. The van der Waals surface area contributed by atoms with Crippen LogP contribution in [-0.2, 0) is 6.42 Å².